The van der Waals surface area contributed by atoms with Crippen LogP contribution in [-0.4, -0.2) is 5.91 Å². The monoisotopic (exact) mass is 72.0 g/mol. The lowest BCUT2D eigenvalue weighted by atomic mass is 11.1. The zero-order valence-electron chi connectivity index (χ0n) is 2.69. The normalized spacial score (nSPS) is 6.40. The summed E-state index contributed by atoms with van der Waals surface area (Å²) in [5, 5.41) is 0. The van der Waals surface area contributed by atoms with Crippen molar-refractivity contribution >= 4 is 5.91 Å². The smallest absolute Gasteiger partial charge is 0.261 e. The van der Waals surface area contributed by atoms with Crippen molar-refractivity contribution in [3.63, 3.8) is 0 Å². The molecule has 0 spiro atoms. The number of hydrogen-bond acceptors (Lipinski definition) is 1. The second-order valence-corrected chi connectivity index (χ2v) is 0.568. The predicted molar refractivity (Wildman–Crippen MR) is 18.3 cm³/mol. The Kier molecular flexibility index (Phi) is 1.28. The predicted octanol–water partition coefficient (Wildman–Crippen LogP) is -0.0181. The first-order valence-electron chi connectivity index (χ1n) is 1.15. The van der Waals surface area contributed by atoms with Crippen molar-refractivity contribution in [1.29, 1.82) is 0 Å². The number of carbonyl (C=O) groups excluding carboxylic acids is 1. The lowest BCUT2D eigenvalue weighted by Gasteiger charge is -1.62. The second-order valence-electron chi connectivity index (χ2n) is 0.568. The average Bonchev–Trinajstić information content (AvgIpc) is 1.38. The molecule has 0 saturated carbocycles. The van der Waals surface area contributed by atoms with Crippen LogP contribution in [0.25, 0.3) is 0 Å². The minimum absolute atomic E-state index is 0.731. The second kappa shape index (κ2) is 1.52. The summed E-state index contributed by atoms with van der Waals surface area (Å²) in [6.07, 6.45) is 0.944. The van der Waals surface area contributed by atoms with Crippen LogP contribution in [0.4, 0.5) is 0 Å². The quantitative estimate of drug-likeness (QED) is 0.401. The Morgan fingerprint density at radius 3 is 2.20 bits per heavy atom. The molecule has 2 nitrogen and oxygen atoms in total. The Bertz CT molecular complexity index is 57.9. The van der Waals surface area contributed by atoms with Gasteiger partial charge in [-0.25, -0.2) is 0 Å². The van der Waals surface area contributed by atoms with Gasteiger partial charge in [-0.3, -0.25) is 10.5 Å². The van der Waals surface area contributed by atoms with Gasteiger partial charge in [-0.1, -0.05) is 6.58 Å². The molecule has 27 valence electrons. The first kappa shape index (κ1) is 4.21. The number of amides is 1. The number of hydrogen-bond donors (Lipinski definition) is 0. The minimum Gasteiger partial charge on any atom is -0.268 e. The zero-order valence-corrected chi connectivity index (χ0v) is 2.69. The molecule has 0 rings (SSSR count). The van der Waals surface area contributed by atoms with E-state index in [1.807, 2.05) is 0 Å². The molecule has 0 aromatic carbocycles. The number of rotatable bonds is 1. The number of carbonyl (C=O) groups is 1. The van der Waals surface area contributed by atoms with E-state index in [-0.39, 0.29) is 0 Å². The summed E-state index contributed by atoms with van der Waals surface area (Å²) in [5.41, 5.74) is 6.07. The molecule has 5 heavy (non-hydrogen) atoms. The van der Waals surface area contributed by atoms with Crippen LogP contribution < -0.4 is 5.73 Å². The maximum absolute atomic E-state index is 9.36. The van der Waals surface area contributed by atoms with Crippen molar-refractivity contribution in [3.05, 3.63) is 12.7 Å². The van der Waals surface area contributed by atoms with Crippen molar-refractivity contribution in [2.75, 3.05) is 0 Å². The molecule has 0 heterocycles. The molecule has 0 aromatic rings. The summed E-state index contributed by atoms with van der Waals surface area (Å²) in [4.78, 5) is 9.36. The van der Waals surface area contributed by atoms with Crippen LogP contribution in [0.1, 0.15) is 0 Å². The Hall–Kier alpha value is -0.790. The van der Waals surface area contributed by atoms with Crippen LogP contribution in [0.2, 0.25) is 0 Å². The molecule has 0 aromatic heterocycles. The van der Waals surface area contributed by atoms with Gasteiger partial charge in [0.15, 0.2) is 0 Å². The molecule has 0 fully saturated rings. The van der Waals surface area contributed by atoms with Crippen LogP contribution >= 0.6 is 0 Å². The Morgan fingerprint density at radius 1 is 2.00 bits per heavy atom. The van der Waals surface area contributed by atoms with Crippen LogP contribution in [0.5, 0.6) is 0 Å². The van der Waals surface area contributed by atoms with E-state index in [9.17, 15) is 4.79 Å². The Labute approximate surface area is 30.3 Å². The van der Waals surface area contributed by atoms with Gasteiger partial charge in [-0.15, -0.1) is 0 Å². The Morgan fingerprint density at radius 2 is 2.20 bits per heavy atom. The third kappa shape index (κ3) is 3.21. The van der Waals surface area contributed by atoms with Gasteiger partial charge in [-0.05, 0) is 6.08 Å². The van der Waals surface area contributed by atoms with E-state index in [2.05, 4.69) is 6.58 Å². The lowest BCUT2D eigenvalue weighted by Crippen LogP contribution is -1.86. The van der Waals surface area contributed by atoms with E-state index in [4.69, 9.17) is 5.73 Å². The van der Waals surface area contributed by atoms with E-state index in [0.717, 1.165) is 6.08 Å². The molecule has 0 aliphatic heterocycles. The van der Waals surface area contributed by atoms with Gasteiger partial charge in [-0.2, -0.15) is 0 Å². The van der Waals surface area contributed by atoms with Crippen molar-refractivity contribution in [2.45, 2.75) is 0 Å². The van der Waals surface area contributed by atoms with E-state index >= 15 is 0 Å². The molecular formula is C3H4NO. The van der Waals surface area contributed by atoms with Crippen molar-refractivity contribution in [2.24, 2.45) is 0 Å². The number of nitrogens with one attached hydrogen (secondary N) is 1. The summed E-state index contributed by atoms with van der Waals surface area (Å²) in [5.74, 6) is -0.731. The largest absolute Gasteiger partial charge is 0.268 e. The first-order chi connectivity index (χ1) is 2.27. The van der Waals surface area contributed by atoms with Gasteiger partial charge in [0.25, 0.3) is 5.91 Å². The van der Waals surface area contributed by atoms with Gasteiger partial charge >= 0.3 is 0 Å². The van der Waals surface area contributed by atoms with Gasteiger partial charge in [0.1, 0.15) is 0 Å². The fourth-order valence-corrected chi connectivity index (χ4v) is 0. The lowest BCUT2D eigenvalue weighted by molar-refractivity contribution is -0.114. The molecule has 1 amide bonds. The molecule has 2 heteroatoms. The SMILES string of the molecule is C=C[14C]([NH])=O. The first-order valence-corrected chi connectivity index (χ1v) is 1.15. The highest BCUT2D eigenvalue weighted by Gasteiger charge is 1.72. The van der Waals surface area contributed by atoms with E-state index in [0.29, 0.717) is 0 Å². The van der Waals surface area contributed by atoms with Crippen LogP contribution in [0.15, 0.2) is 12.7 Å². The van der Waals surface area contributed by atoms with Gasteiger partial charge in [0.2, 0.25) is 0 Å². The topological polar surface area (TPSA) is 40.9 Å². The van der Waals surface area contributed by atoms with Crippen LogP contribution in [0.3, 0.4) is 0 Å². The minimum atomic E-state index is -0.731. The molecule has 0 aliphatic rings. The van der Waals surface area contributed by atoms with Gasteiger partial charge in [0, 0.05) is 0 Å². The third-order valence-electron chi connectivity index (χ3n) is 0.185. The molecular weight excluding hydrogens is 68.0 g/mol. The van der Waals surface area contributed by atoms with Gasteiger partial charge < -0.3 is 0 Å². The molecule has 0 bridgehead atoms. The third-order valence-corrected chi connectivity index (χ3v) is 0.185. The summed E-state index contributed by atoms with van der Waals surface area (Å²) >= 11 is 0. The summed E-state index contributed by atoms with van der Waals surface area (Å²) in [7, 11) is 0. The van der Waals surface area contributed by atoms with Gasteiger partial charge in [0.05, 0.1) is 0 Å². The average molecular weight is 72.1 g/mol. The standard InChI is InChI=1S/C3H4NO/c1-2-3(4)5/h2,4H,1H2/i3+2. The molecule has 0 saturated heterocycles. The van der Waals surface area contributed by atoms with E-state index in [1.165, 1.54) is 0 Å². The zero-order chi connectivity index (χ0) is 4.28. The molecule has 0 aliphatic carbocycles. The van der Waals surface area contributed by atoms with E-state index in [1.54, 1.807) is 0 Å². The summed E-state index contributed by atoms with van der Waals surface area (Å²) in [6, 6.07) is 0. The molecule has 0 atom stereocenters. The van der Waals surface area contributed by atoms with E-state index < -0.39 is 5.91 Å². The molecule has 0 unspecified atom stereocenters. The molecule has 1 radical (unpaired) electrons. The van der Waals surface area contributed by atoms with Crippen LogP contribution in [-0.2, 0) is 4.79 Å². The highest BCUT2D eigenvalue weighted by molar-refractivity contribution is 5.84. The Balaban J connectivity index is 3.20. The summed E-state index contributed by atoms with van der Waals surface area (Å²) < 4.78 is 0. The highest BCUT2D eigenvalue weighted by atomic mass is 16.3. The fraction of sp³-hybridized carbons (Fsp3) is 0. The summed E-state index contributed by atoms with van der Waals surface area (Å²) in [6.45, 7) is 3.02. The van der Waals surface area contributed by atoms with Crippen molar-refractivity contribution in [3.8, 4) is 0 Å². The van der Waals surface area contributed by atoms with Crippen molar-refractivity contribution in [1.82, 2.24) is 5.73 Å². The van der Waals surface area contributed by atoms with Crippen LogP contribution in [0, 0.1) is 0 Å². The maximum atomic E-state index is 9.36. The van der Waals surface area contributed by atoms with Crippen molar-refractivity contribution < 1.29 is 4.79 Å². The highest BCUT2D eigenvalue weighted by Crippen LogP contribution is 1.52. The fourth-order valence-electron chi connectivity index (χ4n) is 0. The molecule has 1 N–H and O–H groups in total. The maximum Gasteiger partial charge on any atom is 0.261 e.